The Kier molecular flexibility index (Phi) is 3.31. The van der Waals surface area contributed by atoms with E-state index < -0.39 is 0 Å². The molecule has 1 aliphatic heterocycles. The van der Waals surface area contributed by atoms with E-state index in [9.17, 15) is 4.79 Å². The monoisotopic (exact) mass is 210 g/mol. The van der Waals surface area contributed by atoms with Crippen molar-refractivity contribution in [1.82, 2.24) is 15.3 Å². The summed E-state index contributed by atoms with van der Waals surface area (Å²) in [5, 5.41) is 5.83. The molecule has 3 N–H and O–H groups in total. The Morgan fingerprint density at radius 2 is 2.67 bits per heavy atom. The first-order chi connectivity index (χ1) is 7.34. The van der Waals surface area contributed by atoms with E-state index in [0.717, 1.165) is 13.1 Å². The van der Waals surface area contributed by atoms with Gasteiger partial charge >= 0.3 is 0 Å². The van der Waals surface area contributed by atoms with Gasteiger partial charge in [-0.25, -0.2) is 4.98 Å². The maximum atomic E-state index is 11.5. The van der Waals surface area contributed by atoms with Crippen molar-refractivity contribution in [3.63, 3.8) is 0 Å². The largest absolute Gasteiger partial charge is 0.375 e. The van der Waals surface area contributed by atoms with Gasteiger partial charge in [-0.3, -0.25) is 10.1 Å². The van der Waals surface area contributed by atoms with Crippen LogP contribution in [-0.4, -0.2) is 41.7 Å². The molecule has 0 spiro atoms. The molecule has 0 radical (unpaired) electrons. The summed E-state index contributed by atoms with van der Waals surface area (Å²) in [6.45, 7) is 2.25. The molecular formula is C9H14N4O2. The molecule has 1 unspecified atom stereocenters. The van der Waals surface area contributed by atoms with Crippen molar-refractivity contribution in [2.24, 2.45) is 0 Å². The third kappa shape index (κ3) is 3.03. The first-order valence-electron chi connectivity index (χ1n) is 4.96. The maximum absolute atomic E-state index is 11.5. The number of nitrogens with zero attached hydrogens (tertiary/aromatic N) is 1. The lowest BCUT2D eigenvalue weighted by molar-refractivity contribution is -0.119. The highest BCUT2D eigenvalue weighted by molar-refractivity contribution is 5.89. The van der Waals surface area contributed by atoms with E-state index in [1.54, 1.807) is 12.4 Å². The van der Waals surface area contributed by atoms with E-state index >= 15 is 0 Å². The fraction of sp³-hybridized carbons (Fsp3) is 0.556. The van der Waals surface area contributed by atoms with Gasteiger partial charge in [-0.1, -0.05) is 0 Å². The molecule has 0 aromatic carbocycles. The number of aromatic nitrogens is 2. The second kappa shape index (κ2) is 4.90. The summed E-state index contributed by atoms with van der Waals surface area (Å²) in [4.78, 5) is 18.2. The van der Waals surface area contributed by atoms with E-state index in [0.29, 0.717) is 19.0 Å². The molecule has 15 heavy (non-hydrogen) atoms. The zero-order chi connectivity index (χ0) is 10.5. The van der Waals surface area contributed by atoms with Gasteiger partial charge in [-0.05, 0) is 0 Å². The standard InChI is InChI=1S/C9H14N4O2/c14-8(13-9-11-1-2-12-9)5-7-6-10-3-4-15-7/h1-2,7,10H,3-6H2,(H2,11,12,13,14). The predicted molar refractivity (Wildman–Crippen MR) is 54.4 cm³/mol. The number of H-pyrrole nitrogens is 1. The van der Waals surface area contributed by atoms with Gasteiger partial charge in [0.1, 0.15) is 0 Å². The Morgan fingerprint density at radius 3 is 3.33 bits per heavy atom. The Labute approximate surface area is 87.4 Å². The summed E-state index contributed by atoms with van der Waals surface area (Å²) in [6.07, 6.45) is 3.57. The molecule has 6 heteroatoms. The lowest BCUT2D eigenvalue weighted by atomic mass is 10.2. The summed E-state index contributed by atoms with van der Waals surface area (Å²) >= 11 is 0. The second-order valence-corrected chi connectivity index (χ2v) is 3.39. The minimum atomic E-state index is -0.0846. The van der Waals surface area contributed by atoms with Crippen molar-refractivity contribution in [3.05, 3.63) is 12.4 Å². The number of carbonyl (C=O) groups is 1. The summed E-state index contributed by atoms with van der Waals surface area (Å²) in [5.41, 5.74) is 0. The summed E-state index contributed by atoms with van der Waals surface area (Å²) in [5.74, 6) is 0.391. The Hall–Kier alpha value is -1.40. The van der Waals surface area contributed by atoms with Gasteiger partial charge in [-0.15, -0.1) is 0 Å². The number of hydrogen-bond donors (Lipinski definition) is 3. The number of carbonyl (C=O) groups excluding carboxylic acids is 1. The van der Waals surface area contributed by atoms with E-state index in [4.69, 9.17) is 4.74 Å². The smallest absolute Gasteiger partial charge is 0.229 e. The Balaban J connectivity index is 1.76. The fourth-order valence-corrected chi connectivity index (χ4v) is 1.47. The topological polar surface area (TPSA) is 79.0 Å². The number of amides is 1. The zero-order valence-corrected chi connectivity index (χ0v) is 8.32. The van der Waals surface area contributed by atoms with Crippen molar-refractivity contribution < 1.29 is 9.53 Å². The van der Waals surface area contributed by atoms with Crippen LogP contribution in [0.3, 0.4) is 0 Å². The van der Waals surface area contributed by atoms with E-state index in [1.165, 1.54) is 0 Å². The van der Waals surface area contributed by atoms with Crippen molar-refractivity contribution in [2.45, 2.75) is 12.5 Å². The molecule has 0 saturated carbocycles. The van der Waals surface area contributed by atoms with Crippen LogP contribution in [0, 0.1) is 0 Å². The first-order valence-corrected chi connectivity index (χ1v) is 4.96. The third-order valence-corrected chi connectivity index (χ3v) is 2.17. The summed E-state index contributed by atoms with van der Waals surface area (Å²) < 4.78 is 5.41. The number of morpholine rings is 1. The second-order valence-electron chi connectivity index (χ2n) is 3.39. The van der Waals surface area contributed by atoms with Crippen LogP contribution in [0.15, 0.2) is 12.4 Å². The molecule has 1 saturated heterocycles. The van der Waals surface area contributed by atoms with Gasteiger partial charge in [0.2, 0.25) is 11.9 Å². The maximum Gasteiger partial charge on any atom is 0.229 e. The summed E-state index contributed by atoms with van der Waals surface area (Å²) in [7, 11) is 0. The number of imidazole rings is 1. The van der Waals surface area contributed by atoms with E-state index in [1.807, 2.05) is 0 Å². The highest BCUT2D eigenvalue weighted by atomic mass is 16.5. The molecule has 82 valence electrons. The number of hydrogen-bond acceptors (Lipinski definition) is 4. The van der Waals surface area contributed by atoms with Gasteiger partial charge in [-0.2, -0.15) is 0 Å². The third-order valence-electron chi connectivity index (χ3n) is 2.17. The van der Waals surface area contributed by atoms with Crippen LogP contribution < -0.4 is 10.6 Å². The molecule has 1 fully saturated rings. The van der Waals surface area contributed by atoms with Crippen LogP contribution in [0.2, 0.25) is 0 Å². The van der Waals surface area contributed by atoms with Crippen LogP contribution in [0.5, 0.6) is 0 Å². The van der Waals surface area contributed by atoms with Crippen molar-refractivity contribution in [3.8, 4) is 0 Å². The number of nitrogens with one attached hydrogen (secondary N) is 3. The SMILES string of the molecule is O=C(CC1CNCCO1)Nc1ncc[nH]1. The molecule has 1 aromatic rings. The number of anilines is 1. The Morgan fingerprint density at radius 1 is 1.73 bits per heavy atom. The molecule has 1 atom stereocenters. The number of aromatic amines is 1. The van der Waals surface area contributed by atoms with E-state index in [2.05, 4.69) is 20.6 Å². The normalized spacial score (nSPS) is 21.2. The first kappa shape index (κ1) is 10.1. The highest BCUT2D eigenvalue weighted by Gasteiger charge is 2.17. The van der Waals surface area contributed by atoms with Crippen molar-refractivity contribution >= 4 is 11.9 Å². The van der Waals surface area contributed by atoms with Crippen molar-refractivity contribution in [2.75, 3.05) is 25.0 Å². The molecule has 1 aromatic heterocycles. The lowest BCUT2D eigenvalue weighted by Crippen LogP contribution is -2.40. The van der Waals surface area contributed by atoms with Crippen LogP contribution in [0.4, 0.5) is 5.95 Å². The molecule has 2 heterocycles. The summed E-state index contributed by atoms with van der Waals surface area (Å²) in [6, 6.07) is 0. The van der Waals surface area contributed by atoms with Crippen LogP contribution in [-0.2, 0) is 9.53 Å². The quantitative estimate of drug-likeness (QED) is 0.641. The van der Waals surface area contributed by atoms with Gasteiger partial charge < -0.3 is 15.0 Å². The van der Waals surface area contributed by atoms with E-state index in [-0.39, 0.29) is 12.0 Å². The minimum absolute atomic E-state index is 0.0336. The molecule has 1 aliphatic rings. The predicted octanol–water partition coefficient (Wildman–Crippen LogP) is -0.273. The molecule has 6 nitrogen and oxygen atoms in total. The molecule has 2 rings (SSSR count). The van der Waals surface area contributed by atoms with Crippen LogP contribution in [0.25, 0.3) is 0 Å². The number of rotatable bonds is 3. The van der Waals surface area contributed by atoms with Gasteiger partial charge in [0.15, 0.2) is 0 Å². The molecular weight excluding hydrogens is 196 g/mol. The van der Waals surface area contributed by atoms with Gasteiger partial charge in [0.05, 0.1) is 19.1 Å². The Bertz CT molecular complexity index is 306. The lowest BCUT2D eigenvalue weighted by Gasteiger charge is -2.22. The minimum Gasteiger partial charge on any atom is -0.375 e. The fourth-order valence-electron chi connectivity index (χ4n) is 1.47. The molecule has 1 amide bonds. The molecule has 0 bridgehead atoms. The molecule has 0 aliphatic carbocycles. The highest BCUT2D eigenvalue weighted by Crippen LogP contribution is 2.03. The number of ether oxygens (including phenoxy) is 1. The average molecular weight is 210 g/mol. The van der Waals surface area contributed by atoms with Crippen LogP contribution in [0.1, 0.15) is 6.42 Å². The zero-order valence-electron chi connectivity index (χ0n) is 8.32. The van der Waals surface area contributed by atoms with Crippen molar-refractivity contribution in [1.29, 1.82) is 0 Å². The van der Waals surface area contributed by atoms with Gasteiger partial charge in [0, 0.05) is 25.5 Å². The van der Waals surface area contributed by atoms with Crippen LogP contribution >= 0.6 is 0 Å². The van der Waals surface area contributed by atoms with Gasteiger partial charge in [0.25, 0.3) is 0 Å². The average Bonchev–Trinajstić information content (AvgIpc) is 2.71.